The minimum Gasteiger partial charge on any atom is -0.385 e. The molecule has 0 amide bonds. The Kier molecular flexibility index (Phi) is 3.33. The van der Waals surface area contributed by atoms with Crippen LogP contribution in [0.25, 0.3) is 0 Å². The van der Waals surface area contributed by atoms with Crippen LogP contribution in [-0.4, -0.2) is 14.9 Å². The lowest BCUT2D eigenvalue weighted by Gasteiger charge is -2.34. The molecule has 1 heterocycles. The topological polar surface area (TPSA) is 38.0 Å². The summed E-state index contributed by atoms with van der Waals surface area (Å²) in [5.74, 6) is 0.756. The van der Waals surface area contributed by atoms with Crippen molar-refractivity contribution in [2.75, 3.05) is 0 Å². The minimum absolute atomic E-state index is 0.613. The van der Waals surface area contributed by atoms with Gasteiger partial charge in [0.1, 0.15) is 0 Å². The molecule has 1 aliphatic carbocycles. The lowest BCUT2D eigenvalue weighted by atomic mass is 9.77. The second-order valence-corrected chi connectivity index (χ2v) is 5.21. The summed E-state index contributed by atoms with van der Waals surface area (Å²) in [5, 5.41) is 14.9. The first-order chi connectivity index (χ1) is 7.64. The molecule has 3 nitrogen and oxygen atoms in total. The van der Waals surface area contributed by atoms with Gasteiger partial charge < -0.3 is 5.11 Å². The molecule has 3 heteroatoms. The second-order valence-electron chi connectivity index (χ2n) is 5.21. The van der Waals surface area contributed by atoms with Crippen LogP contribution in [0.2, 0.25) is 0 Å². The third kappa shape index (κ3) is 2.29. The van der Waals surface area contributed by atoms with Gasteiger partial charge in [-0.15, -0.1) is 0 Å². The standard InChI is InChI=1S/C13H22N2O/c1-3-8-15-10-12(9-14-15)13(16)6-4-11(2)5-7-13/h9-11,16H,3-8H2,1-2H3. The van der Waals surface area contributed by atoms with Gasteiger partial charge in [-0.25, -0.2) is 0 Å². The highest BCUT2D eigenvalue weighted by Crippen LogP contribution is 2.38. The Morgan fingerprint density at radius 2 is 2.19 bits per heavy atom. The monoisotopic (exact) mass is 222 g/mol. The van der Waals surface area contributed by atoms with Crippen molar-refractivity contribution in [2.24, 2.45) is 5.92 Å². The van der Waals surface area contributed by atoms with Gasteiger partial charge in [-0.1, -0.05) is 13.8 Å². The molecule has 1 N–H and O–H groups in total. The maximum atomic E-state index is 10.6. The summed E-state index contributed by atoms with van der Waals surface area (Å²) in [7, 11) is 0. The fourth-order valence-corrected chi connectivity index (χ4v) is 2.48. The molecule has 1 saturated carbocycles. The van der Waals surface area contributed by atoms with E-state index in [-0.39, 0.29) is 0 Å². The zero-order valence-electron chi connectivity index (χ0n) is 10.3. The fraction of sp³-hybridized carbons (Fsp3) is 0.769. The van der Waals surface area contributed by atoms with Crippen molar-refractivity contribution in [1.29, 1.82) is 0 Å². The van der Waals surface area contributed by atoms with Gasteiger partial charge in [0.05, 0.1) is 11.8 Å². The number of aromatic nitrogens is 2. The molecule has 90 valence electrons. The van der Waals surface area contributed by atoms with Gasteiger partial charge in [0.15, 0.2) is 0 Å². The Morgan fingerprint density at radius 1 is 1.50 bits per heavy atom. The molecule has 0 bridgehead atoms. The smallest absolute Gasteiger partial charge is 0.0927 e. The van der Waals surface area contributed by atoms with Crippen molar-refractivity contribution in [3.63, 3.8) is 0 Å². The third-order valence-corrected chi connectivity index (χ3v) is 3.72. The molecule has 0 aliphatic heterocycles. The zero-order valence-corrected chi connectivity index (χ0v) is 10.3. The summed E-state index contributed by atoms with van der Waals surface area (Å²) >= 11 is 0. The highest BCUT2D eigenvalue weighted by molar-refractivity contribution is 5.16. The summed E-state index contributed by atoms with van der Waals surface area (Å²) in [6, 6.07) is 0. The SMILES string of the molecule is CCCn1cc(C2(O)CCC(C)CC2)cn1. The first-order valence-electron chi connectivity index (χ1n) is 6.39. The van der Waals surface area contributed by atoms with Gasteiger partial charge in [-0.3, -0.25) is 4.68 Å². The molecule has 1 aromatic heterocycles. The van der Waals surface area contributed by atoms with Crippen molar-refractivity contribution in [2.45, 2.75) is 58.1 Å². The van der Waals surface area contributed by atoms with Crippen LogP contribution in [0.15, 0.2) is 12.4 Å². The van der Waals surface area contributed by atoms with E-state index in [9.17, 15) is 5.11 Å². The van der Waals surface area contributed by atoms with E-state index in [1.807, 2.05) is 17.1 Å². The van der Waals surface area contributed by atoms with Gasteiger partial charge in [0, 0.05) is 18.3 Å². The highest BCUT2D eigenvalue weighted by atomic mass is 16.3. The molecule has 0 saturated heterocycles. The number of rotatable bonds is 3. The number of nitrogens with zero attached hydrogens (tertiary/aromatic N) is 2. The Balaban J connectivity index is 2.09. The van der Waals surface area contributed by atoms with Gasteiger partial charge in [0.2, 0.25) is 0 Å². The van der Waals surface area contributed by atoms with E-state index in [1.165, 1.54) is 0 Å². The average molecular weight is 222 g/mol. The van der Waals surface area contributed by atoms with Crippen molar-refractivity contribution in [1.82, 2.24) is 9.78 Å². The molecule has 0 aromatic carbocycles. The van der Waals surface area contributed by atoms with E-state index >= 15 is 0 Å². The number of aliphatic hydroxyl groups is 1. The Morgan fingerprint density at radius 3 is 2.81 bits per heavy atom. The lowest BCUT2D eigenvalue weighted by Crippen LogP contribution is -2.30. The average Bonchev–Trinajstić information content (AvgIpc) is 2.73. The number of hydrogen-bond donors (Lipinski definition) is 1. The van der Waals surface area contributed by atoms with Crippen molar-refractivity contribution < 1.29 is 5.11 Å². The Bertz CT molecular complexity index is 337. The highest BCUT2D eigenvalue weighted by Gasteiger charge is 2.34. The summed E-state index contributed by atoms with van der Waals surface area (Å²) in [4.78, 5) is 0. The van der Waals surface area contributed by atoms with Crippen LogP contribution in [0, 0.1) is 5.92 Å². The van der Waals surface area contributed by atoms with Crippen molar-refractivity contribution in [3.8, 4) is 0 Å². The maximum Gasteiger partial charge on any atom is 0.0927 e. The van der Waals surface area contributed by atoms with Crippen LogP contribution in [0.5, 0.6) is 0 Å². The molecule has 16 heavy (non-hydrogen) atoms. The van der Waals surface area contributed by atoms with Gasteiger partial charge in [-0.2, -0.15) is 5.10 Å². The second kappa shape index (κ2) is 4.58. The van der Waals surface area contributed by atoms with Crippen LogP contribution in [0.3, 0.4) is 0 Å². The van der Waals surface area contributed by atoms with E-state index in [0.717, 1.165) is 50.1 Å². The van der Waals surface area contributed by atoms with E-state index in [2.05, 4.69) is 18.9 Å². The van der Waals surface area contributed by atoms with E-state index < -0.39 is 5.60 Å². The first kappa shape index (κ1) is 11.6. The van der Waals surface area contributed by atoms with Gasteiger partial charge >= 0.3 is 0 Å². The van der Waals surface area contributed by atoms with Crippen molar-refractivity contribution in [3.05, 3.63) is 18.0 Å². The van der Waals surface area contributed by atoms with Crippen LogP contribution in [0.4, 0.5) is 0 Å². The van der Waals surface area contributed by atoms with Crippen LogP contribution < -0.4 is 0 Å². The van der Waals surface area contributed by atoms with Crippen LogP contribution in [-0.2, 0) is 12.1 Å². The van der Waals surface area contributed by atoms with Crippen LogP contribution in [0.1, 0.15) is 51.5 Å². The summed E-state index contributed by atoms with van der Waals surface area (Å²) in [6.07, 6.45) is 8.94. The molecule has 0 spiro atoms. The zero-order chi connectivity index (χ0) is 11.6. The van der Waals surface area contributed by atoms with Gasteiger partial charge in [0.25, 0.3) is 0 Å². The molecular formula is C13H22N2O. The Hall–Kier alpha value is -0.830. The molecule has 0 unspecified atom stereocenters. The fourth-order valence-electron chi connectivity index (χ4n) is 2.48. The number of aryl methyl sites for hydroxylation is 1. The van der Waals surface area contributed by atoms with Crippen LogP contribution >= 0.6 is 0 Å². The van der Waals surface area contributed by atoms with E-state index in [1.54, 1.807) is 0 Å². The number of hydrogen-bond acceptors (Lipinski definition) is 2. The first-order valence-corrected chi connectivity index (χ1v) is 6.39. The molecule has 1 aliphatic rings. The molecule has 2 rings (SSSR count). The normalized spacial score (nSPS) is 30.6. The van der Waals surface area contributed by atoms with Crippen molar-refractivity contribution >= 4 is 0 Å². The van der Waals surface area contributed by atoms with E-state index in [4.69, 9.17) is 0 Å². The molecule has 1 aromatic rings. The minimum atomic E-state index is -0.613. The maximum absolute atomic E-state index is 10.6. The van der Waals surface area contributed by atoms with E-state index in [0.29, 0.717) is 0 Å². The molecule has 0 atom stereocenters. The molecule has 1 fully saturated rings. The largest absolute Gasteiger partial charge is 0.385 e. The summed E-state index contributed by atoms with van der Waals surface area (Å²) < 4.78 is 1.94. The molecular weight excluding hydrogens is 200 g/mol. The predicted molar refractivity (Wildman–Crippen MR) is 64.0 cm³/mol. The Labute approximate surface area is 97.5 Å². The quantitative estimate of drug-likeness (QED) is 0.854. The molecule has 0 radical (unpaired) electrons. The summed E-state index contributed by atoms with van der Waals surface area (Å²) in [6.45, 7) is 5.34. The van der Waals surface area contributed by atoms with Gasteiger partial charge in [-0.05, 0) is 38.0 Å². The predicted octanol–water partition coefficient (Wildman–Crippen LogP) is 2.69. The lowest BCUT2D eigenvalue weighted by molar-refractivity contribution is -0.0120. The third-order valence-electron chi connectivity index (χ3n) is 3.72. The summed E-state index contributed by atoms with van der Waals surface area (Å²) in [5.41, 5.74) is 0.395.